The Labute approximate surface area is 110 Å². The summed E-state index contributed by atoms with van der Waals surface area (Å²) in [6.07, 6.45) is 6.79. The zero-order valence-corrected chi connectivity index (χ0v) is 11.2. The summed E-state index contributed by atoms with van der Waals surface area (Å²) in [5, 5.41) is -0.376. The van der Waals surface area contributed by atoms with E-state index in [1.165, 1.54) is 7.11 Å². The molecule has 0 fully saturated rings. The van der Waals surface area contributed by atoms with Crippen LogP contribution in [-0.4, -0.2) is 29.8 Å². The molecule has 0 aliphatic heterocycles. The standard InChI is InChI=1S/C12H15ClO3S/c1-16-11(14)5-6-17-8-9-3-2-4-10(7-9)12(13)15/h2-4,9H,5-8H2,1H3. The number of esters is 1. The highest BCUT2D eigenvalue weighted by molar-refractivity contribution is 7.99. The first kappa shape index (κ1) is 14.3. The summed E-state index contributed by atoms with van der Waals surface area (Å²) in [7, 11) is 1.39. The highest BCUT2D eigenvalue weighted by Crippen LogP contribution is 2.24. The molecule has 94 valence electrons. The Hall–Kier alpha value is -0.740. The van der Waals surface area contributed by atoms with Gasteiger partial charge in [-0.05, 0) is 29.7 Å². The summed E-state index contributed by atoms with van der Waals surface area (Å²) < 4.78 is 4.55. The van der Waals surface area contributed by atoms with Gasteiger partial charge in [-0.1, -0.05) is 18.2 Å². The molecule has 0 N–H and O–H groups in total. The highest BCUT2D eigenvalue weighted by atomic mass is 35.5. The van der Waals surface area contributed by atoms with Gasteiger partial charge in [-0.2, -0.15) is 11.8 Å². The van der Waals surface area contributed by atoms with E-state index < -0.39 is 0 Å². The van der Waals surface area contributed by atoms with Gasteiger partial charge >= 0.3 is 5.97 Å². The summed E-state index contributed by atoms with van der Waals surface area (Å²) >= 11 is 7.12. The fourth-order valence-corrected chi connectivity index (χ4v) is 2.65. The molecule has 1 aliphatic rings. The average Bonchev–Trinajstić information content (AvgIpc) is 2.34. The number of rotatable bonds is 6. The van der Waals surface area contributed by atoms with Crippen LogP contribution in [0, 0.1) is 5.92 Å². The lowest BCUT2D eigenvalue weighted by Crippen LogP contribution is -2.09. The van der Waals surface area contributed by atoms with Gasteiger partial charge in [0.25, 0.3) is 0 Å². The lowest BCUT2D eigenvalue weighted by molar-refractivity contribution is -0.140. The van der Waals surface area contributed by atoms with E-state index in [0.29, 0.717) is 24.3 Å². The van der Waals surface area contributed by atoms with Crippen LogP contribution in [-0.2, 0) is 14.3 Å². The van der Waals surface area contributed by atoms with E-state index in [1.807, 2.05) is 6.08 Å². The number of allylic oxidation sites excluding steroid dienone is 4. The van der Waals surface area contributed by atoms with Crippen LogP contribution in [0.1, 0.15) is 12.8 Å². The fraction of sp³-hybridized carbons (Fsp3) is 0.500. The van der Waals surface area contributed by atoms with Crippen LogP contribution >= 0.6 is 23.4 Å². The minimum Gasteiger partial charge on any atom is -0.469 e. The molecule has 1 unspecified atom stereocenters. The van der Waals surface area contributed by atoms with Crippen molar-refractivity contribution in [3.63, 3.8) is 0 Å². The van der Waals surface area contributed by atoms with Gasteiger partial charge in [-0.3, -0.25) is 9.59 Å². The third-order valence-corrected chi connectivity index (χ3v) is 3.82. The van der Waals surface area contributed by atoms with Crippen molar-refractivity contribution < 1.29 is 14.3 Å². The van der Waals surface area contributed by atoms with Crippen LogP contribution < -0.4 is 0 Å². The second kappa shape index (κ2) is 7.56. The highest BCUT2D eigenvalue weighted by Gasteiger charge is 2.15. The number of carbonyl (C=O) groups excluding carboxylic acids is 2. The Morgan fingerprint density at radius 1 is 1.59 bits per heavy atom. The van der Waals surface area contributed by atoms with Crippen LogP contribution in [0.2, 0.25) is 0 Å². The molecule has 0 heterocycles. The molecular formula is C12H15ClO3S. The molecule has 1 rings (SSSR count). The molecule has 1 atom stereocenters. The zero-order valence-electron chi connectivity index (χ0n) is 9.65. The maximum atomic E-state index is 11.0. The second-order valence-corrected chi connectivity index (χ2v) is 5.21. The zero-order chi connectivity index (χ0) is 12.7. The monoisotopic (exact) mass is 274 g/mol. The molecule has 0 aromatic carbocycles. The third-order valence-electron chi connectivity index (χ3n) is 2.43. The molecule has 17 heavy (non-hydrogen) atoms. The van der Waals surface area contributed by atoms with E-state index in [1.54, 1.807) is 17.8 Å². The average molecular weight is 275 g/mol. The van der Waals surface area contributed by atoms with Crippen LogP contribution in [0.15, 0.2) is 23.8 Å². The number of hydrogen-bond donors (Lipinski definition) is 0. The van der Waals surface area contributed by atoms with Crippen molar-refractivity contribution in [3.8, 4) is 0 Å². The molecule has 5 heteroatoms. The number of carbonyl (C=O) groups is 2. The van der Waals surface area contributed by atoms with Crippen LogP contribution in [0.4, 0.5) is 0 Å². The van der Waals surface area contributed by atoms with E-state index >= 15 is 0 Å². The maximum Gasteiger partial charge on any atom is 0.306 e. The minimum atomic E-state index is -0.376. The maximum absolute atomic E-state index is 11.0. The van der Waals surface area contributed by atoms with Gasteiger partial charge < -0.3 is 4.74 Å². The van der Waals surface area contributed by atoms with Gasteiger partial charge in [0.15, 0.2) is 0 Å². The Balaban J connectivity index is 2.22. The third kappa shape index (κ3) is 5.41. The predicted molar refractivity (Wildman–Crippen MR) is 70.1 cm³/mol. The van der Waals surface area contributed by atoms with Crippen molar-refractivity contribution in [2.45, 2.75) is 12.8 Å². The van der Waals surface area contributed by atoms with Gasteiger partial charge in [0.05, 0.1) is 13.5 Å². The summed E-state index contributed by atoms with van der Waals surface area (Å²) in [6.45, 7) is 0. The number of hydrogen-bond acceptors (Lipinski definition) is 4. The number of methoxy groups -OCH3 is 1. The van der Waals surface area contributed by atoms with Crippen molar-refractivity contribution in [3.05, 3.63) is 23.8 Å². The smallest absolute Gasteiger partial charge is 0.306 e. The molecule has 1 aliphatic carbocycles. The van der Waals surface area contributed by atoms with Crippen LogP contribution in [0.3, 0.4) is 0 Å². The largest absolute Gasteiger partial charge is 0.469 e. The van der Waals surface area contributed by atoms with E-state index in [9.17, 15) is 9.59 Å². The Morgan fingerprint density at radius 3 is 3.00 bits per heavy atom. The van der Waals surface area contributed by atoms with E-state index in [4.69, 9.17) is 11.6 Å². The fourth-order valence-electron chi connectivity index (χ4n) is 1.50. The topological polar surface area (TPSA) is 43.4 Å². The summed E-state index contributed by atoms with van der Waals surface area (Å²) in [5.41, 5.74) is 0.660. The van der Waals surface area contributed by atoms with Crippen molar-refractivity contribution >= 4 is 34.6 Å². The quantitative estimate of drug-likeness (QED) is 0.424. The van der Waals surface area contributed by atoms with E-state index in [2.05, 4.69) is 10.8 Å². The van der Waals surface area contributed by atoms with Gasteiger partial charge in [0.2, 0.25) is 5.24 Å². The predicted octanol–water partition coefficient (Wildman–Crippen LogP) is 2.55. The first-order valence-corrected chi connectivity index (χ1v) is 6.88. The van der Waals surface area contributed by atoms with Crippen molar-refractivity contribution in [1.29, 1.82) is 0 Å². The van der Waals surface area contributed by atoms with Crippen molar-refractivity contribution in [1.82, 2.24) is 0 Å². The first-order valence-electron chi connectivity index (χ1n) is 5.35. The number of halogens is 1. The normalized spacial score (nSPS) is 18.7. The van der Waals surface area contributed by atoms with E-state index in [-0.39, 0.29) is 11.2 Å². The van der Waals surface area contributed by atoms with Gasteiger partial charge in [-0.15, -0.1) is 0 Å². The van der Waals surface area contributed by atoms with Crippen molar-refractivity contribution in [2.75, 3.05) is 18.6 Å². The molecule has 0 amide bonds. The molecule has 0 aromatic rings. The molecule has 0 spiro atoms. The summed E-state index contributed by atoms with van der Waals surface area (Å²) in [4.78, 5) is 21.9. The Kier molecular flexibility index (Phi) is 6.37. The van der Waals surface area contributed by atoms with Crippen molar-refractivity contribution in [2.24, 2.45) is 5.92 Å². The Bertz CT molecular complexity index is 350. The Morgan fingerprint density at radius 2 is 2.35 bits per heavy atom. The number of thioether (sulfide) groups is 1. The minimum absolute atomic E-state index is 0.187. The molecule has 0 saturated carbocycles. The van der Waals surface area contributed by atoms with Crippen LogP contribution in [0.5, 0.6) is 0 Å². The number of ether oxygens (including phenoxy) is 1. The van der Waals surface area contributed by atoms with Gasteiger partial charge in [0.1, 0.15) is 0 Å². The molecule has 3 nitrogen and oxygen atoms in total. The summed E-state index contributed by atoms with van der Waals surface area (Å²) in [6, 6.07) is 0. The molecular weight excluding hydrogens is 260 g/mol. The first-order chi connectivity index (χ1) is 8.13. The second-order valence-electron chi connectivity index (χ2n) is 3.72. The van der Waals surface area contributed by atoms with Crippen LogP contribution in [0.25, 0.3) is 0 Å². The lowest BCUT2D eigenvalue weighted by Gasteiger charge is -2.15. The molecule has 0 bridgehead atoms. The molecule has 0 aromatic heterocycles. The SMILES string of the molecule is COC(=O)CCSCC1C=CC=C(C(=O)Cl)C1. The van der Waals surface area contributed by atoms with E-state index in [0.717, 1.165) is 11.5 Å². The summed E-state index contributed by atoms with van der Waals surface area (Å²) in [5.74, 6) is 1.76. The molecule has 0 radical (unpaired) electrons. The van der Waals surface area contributed by atoms with Gasteiger partial charge in [-0.25, -0.2) is 0 Å². The van der Waals surface area contributed by atoms with Gasteiger partial charge in [0, 0.05) is 11.3 Å². The molecule has 0 saturated heterocycles. The lowest BCUT2D eigenvalue weighted by atomic mass is 9.97.